The lowest BCUT2D eigenvalue weighted by atomic mass is 9.91. The Balaban J connectivity index is 1.90. The van der Waals surface area contributed by atoms with Crippen LogP contribution in [-0.4, -0.2) is 14.5 Å². The third kappa shape index (κ3) is 2.52. The molecule has 2 heterocycles. The number of thiazole rings is 1. The number of benzene rings is 1. The quantitative estimate of drug-likeness (QED) is 0.802. The second kappa shape index (κ2) is 4.63. The predicted molar refractivity (Wildman–Crippen MR) is 77.8 cm³/mol. The average Bonchev–Trinajstić information content (AvgIpc) is 2.89. The Morgan fingerprint density at radius 1 is 1.47 bits per heavy atom. The zero-order valence-electron chi connectivity index (χ0n) is 10.4. The van der Waals surface area contributed by atoms with Gasteiger partial charge in [-0.2, -0.15) is 0 Å². The Labute approximate surface area is 120 Å². The number of hydrogen-bond acceptors (Lipinski definition) is 3. The molecular weight excluding hydrogens is 280 g/mol. The fourth-order valence-corrected chi connectivity index (χ4v) is 3.05. The maximum atomic E-state index is 10.6. The van der Waals surface area contributed by atoms with Gasteiger partial charge in [-0.05, 0) is 24.6 Å². The van der Waals surface area contributed by atoms with Crippen LogP contribution in [0.2, 0.25) is 5.02 Å². The highest BCUT2D eigenvalue weighted by Gasteiger charge is 2.25. The Bertz CT molecular complexity index is 688. The Hall–Kier alpha value is -1.36. The molecule has 2 aromatic heterocycles. The molecule has 0 saturated heterocycles. The highest BCUT2D eigenvalue weighted by molar-refractivity contribution is 7.15. The SMILES string of the molecule is CC(O)(Cc1cn2ccsc2n1)c1cccc(Cl)c1. The number of aliphatic hydroxyl groups is 1. The van der Waals surface area contributed by atoms with Crippen molar-refractivity contribution in [2.45, 2.75) is 18.9 Å². The van der Waals surface area contributed by atoms with Crippen molar-refractivity contribution < 1.29 is 5.11 Å². The summed E-state index contributed by atoms with van der Waals surface area (Å²) in [6.45, 7) is 1.78. The van der Waals surface area contributed by atoms with Crippen LogP contribution in [0.1, 0.15) is 18.2 Å². The first-order chi connectivity index (χ1) is 9.04. The van der Waals surface area contributed by atoms with E-state index in [1.54, 1.807) is 30.4 Å². The zero-order valence-corrected chi connectivity index (χ0v) is 11.9. The number of fused-ring (bicyclic) bond motifs is 1. The maximum absolute atomic E-state index is 10.6. The summed E-state index contributed by atoms with van der Waals surface area (Å²) in [5, 5.41) is 13.2. The minimum atomic E-state index is -0.977. The van der Waals surface area contributed by atoms with Gasteiger partial charge >= 0.3 is 0 Å². The highest BCUT2D eigenvalue weighted by atomic mass is 35.5. The standard InChI is InChI=1S/C14H13ClN2OS/c1-14(18,10-3-2-4-11(15)7-10)8-12-9-17-5-6-19-13(17)16-12/h2-7,9,18H,8H2,1H3. The van der Waals surface area contributed by atoms with Gasteiger partial charge in [0, 0.05) is 29.2 Å². The van der Waals surface area contributed by atoms with E-state index in [2.05, 4.69) is 4.98 Å². The van der Waals surface area contributed by atoms with Crippen molar-refractivity contribution in [2.24, 2.45) is 0 Å². The Morgan fingerprint density at radius 2 is 2.32 bits per heavy atom. The van der Waals surface area contributed by atoms with Crippen LogP contribution in [0.5, 0.6) is 0 Å². The van der Waals surface area contributed by atoms with Crippen LogP contribution < -0.4 is 0 Å². The second-order valence-corrected chi connectivity index (χ2v) is 6.10. The number of imidazole rings is 1. The molecule has 98 valence electrons. The summed E-state index contributed by atoms with van der Waals surface area (Å²) in [6.07, 6.45) is 4.37. The first kappa shape index (κ1) is 12.7. The van der Waals surface area contributed by atoms with Crippen LogP contribution in [0, 0.1) is 0 Å². The van der Waals surface area contributed by atoms with Crippen molar-refractivity contribution in [2.75, 3.05) is 0 Å². The summed E-state index contributed by atoms with van der Waals surface area (Å²) < 4.78 is 1.97. The molecule has 0 aliphatic carbocycles. The van der Waals surface area contributed by atoms with E-state index in [1.807, 2.05) is 34.3 Å². The number of halogens is 1. The van der Waals surface area contributed by atoms with E-state index in [0.29, 0.717) is 11.4 Å². The molecule has 0 bridgehead atoms. The van der Waals surface area contributed by atoms with Gasteiger partial charge in [0.25, 0.3) is 0 Å². The number of aromatic nitrogens is 2. The Morgan fingerprint density at radius 3 is 3.05 bits per heavy atom. The molecule has 5 heteroatoms. The molecular formula is C14H13ClN2OS. The molecule has 0 spiro atoms. The van der Waals surface area contributed by atoms with Crippen LogP contribution >= 0.6 is 22.9 Å². The van der Waals surface area contributed by atoms with Crippen molar-refractivity contribution in [3.05, 3.63) is 58.3 Å². The second-order valence-electron chi connectivity index (χ2n) is 4.79. The van der Waals surface area contributed by atoms with Gasteiger partial charge in [-0.15, -0.1) is 11.3 Å². The van der Waals surface area contributed by atoms with Crippen LogP contribution in [0.15, 0.2) is 42.0 Å². The first-order valence-electron chi connectivity index (χ1n) is 5.94. The minimum absolute atomic E-state index is 0.460. The van der Waals surface area contributed by atoms with Gasteiger partial charge in [0.2, 0.25) is 0 Å². The van der Waals surface area contributed by atoms with E-state index in [-0.39, 0.29) is 0 Å². The fourth-order valence-electron chi connectivity index (χ4n) is 2.14. The van der Waals surface area contributed by atoms with Crippen molar-refractivity contribution in [1.29, 1.82) is 0 Å². The lowest BCUT2D eigenvalue weighted by Gasteiger charge is -2.23. The van der Waals surface area contributed by atoms with Gasteiger partial charge in [-0.1, -0.05) is 23.7 Å². The third-order valence-electron chi connectivity index (χ3n) is 3.12. The van der Waals surface area contributed by atoms with E-state index in [1.165, 1.54) is 0 Å². The molecule has 1 N–H and O–H groups in total. The smallest absolute Gasteiger partial charge is 0.193 e. The summed E-state index contributed by atoms with van der Waals surface area (Å²) in [5.41, 5.74) is 0.697. The summed E-state index contributed by atoms with van der Waals surface area (Å²) in [5.74, 6) is 0. The van der Waals surface area contributed by atoms with E-state index >= 15 is 0 Å². The van der Waals surface area contributed by atoms with Gasteiger partial charge in [0.1, 0.15) is 0 Å². The van der Waals surface area contributed by atoms with E-state index in [9.17, 15) is 5.11 Å². The summed E-state index contributed by atoms with van der Waals surface area (Å²) in [7, 11) is 0. The minimum Gasteiger partial charge on any atom is -0.385 e. The zero-order chi connectivity index (χ0) is 13.5. The van der Waals surface area contributed by atoms with Gasteiger partial charge in [-0.25, -0.2) is 4.98 Å². The maximum Gasteiger partial charge on any atom is 0.193 e. The van der Waals surface area contributed by atoms with Crippen molar-refractivity contribution in [1.82, 2.24) is 9.38 Å². The third-order valence-corrected chi connectivity index (χ3v) is 4.12. The summed E-state index contributed by atoms with van der Waals surface area (Å²) in [6, 6.07) is 7.32. The van der Waals surface area contributed by atoms with Crippen molar-refractivity contribution in [3.8, 4) is 0 Å². The lowest BCUT2D eigenvalue weighted by molar-refractivity contribution is 0.0567. The van der Waals surface area contributed by atoms with Crippen LogP contribution in [0.4, 0.5) is 0 Å². The molecule has 1 atom stereocenters. The molecule has 0 amide bonds. The lowest BCUT2D eigenvalue weighted by Crippen LogP contribution is -2.24. The largest absolute Gasteiger partial charge is 0.385 e. The molecule has 3 rings (SSSR count). The molecule has 0 radical (unpaired) electrons. The molecule has 3 aromatic rings. The van der Waals surface area contributed by atoms with Crippen LogP contribution in [0.25, 0.3) is 4.96 Å². The molecule has 0 fully saturated rings. The molecule has 0 aliphatic rings. The predicted octanol–water partition coefficient (Wildman–Crippen LogP) is 3.50. The van der Waals surface area contributed by atoms with Gasteiger partial charge < -0.3 is 5.11 Å². The summed E-state index contributed by atoms with van der Waals surface area (Å²) in [4.78, 5) is 5.44. The topological polar surface area (TPSA) is 37.5 Å². The average molecular weight is 293 g/mol. The van der Waals surface area contributed by atoms with Crippen molar-refractivity contribution in [3.63, 3.8) is 0 Å². The normalized spacial score (nSPS) is 14.7. The van der Waals surface area contributed by atoms with Gasteiger partial charge in [0.15, 0.2) is 4.96 Å². The summed E-state index contributed by atoms with van der Waals surface area (Å²) >= 11 is 7.55. The molecule has 1 unspecified atom stereocenters. The Kier molecular flexibility index (Phi) is 3.09. The van der Waals surface area contributed by atoms with Crippen LogP contribution in [0.3, 0.4) is 0 Å². The molecule has 3 nitrogen and oxygen atoms in total. The number of hydrogen-bond donors (Lipinski definition) is 1. The van der Waals surface area contributed by atoms with E-state index in [4.69, 9.17) is 11.6 Å². The fraction of sp³-hybridized carbons (Fsp3) is 0.214. The van der Waals surface area contributed by atoms with Gasteiger partial charge in [-0.3, -0.25) is 4.40 Å². The number of rotatable bonds is 3. The van der Waals surface area contributed by atoms with Gasteiger partial charge in [0.05, 0.1) is 11.3 Å². The van der Waals surface area contributed by atoms with Crippen molar-refractivity contribution >= 4 is 27.9 Å². The molecule has 0 aliphatic heterocycles. The first-order valence-corrected chi connectivity index (χ1v) is 7.20. The highest BCUT2D eigenvalue weighted by Crippen LogP contribution is 2.27. The molecule has 19 heavy (non-hydrogen) atoms. The monoisotopic (exact) mass is 292 g/mol. The van der Waals surface area contributed by atoms with E-state index in [0.717, 1.165) is 16.2 Å². The molecule has 0 saturated carbocycles. The van der Waals surface area contributed by atoms with E-state index < -0.39 is 5.60 Å². The molecule has 1 aromatic carbocycles. The number of nitrogens with zero attached hydrogens (tertiary/aromatic N) is 2. The van der Waals surface area contributed by atoms with Crippen LogP contribution in [-0.2, 0) is 12.0 Å².